The van der Waals surface area contributed by atoms with Crippen LogP contribution >= 0.6 is 0 Å². The summed E-state index contributed by atoms with van der Waals surface area (Å²) in [6.45, 7) is 2.46. The standard InChI is InChI=1S/C25H18FNO5/c1-2-30-20-13-7-17(8-14-20)23-27-22(25(29)32-23)15-16-3-11-21(12-4-16)31-24(28)18-5-9-19(26)10-6-18/h3-15H,2H2,1H3/b22-15-. The molecule has 0 N–H and O–H groups in total. The minimum Gasteiger partial charge on any atom is -0.494 e. The lowest BCUT2D eigenvalue weighted by molar-refractivity contribution is -0.129. The summed E-state index contributed by atoms with van der Waals surface area (Å²) in [5, 5.41) is 0. The zero-order valence-electron chi connectivity index (χ0n) is 17.1. The first-order valence-corrected chi connectivity index (χ1v) is 9.85. The molecule has 0 fully saturated rings. The van der Waals surface area contributed by atoms with Gasteiger partial charge in [-0.15, -0.1) is 0 Å². The van der Waals surface area contributed by atoms with E-state index in [0.29, 0.717) is 23.5 Å². The van der Waals surface area contributed by atoms with Crippen LogP contribution in [0.25, 0.3) is 6.08 Å². The molecule has 4 rings (SSSR count). The Labute approximate surface area is 183 Å². The summed E-state index contributed by atoms with van der Waals surface area (Å²) in [6, 6.07) is 18.7. The van der Waals surface area contributed by atoms with Crippen LogP contribution in [0.3, 0.4) is 0 Å². The van der Waals surface area contributed by atoms with E-state index in [9.17, 15) is 14.0 Å². The fourth-order valence-corrected chi connectivity index (χ4v) is 2.93. The highest BCUT2D eigenvalue weighted by atomic mass is 19.1. The lowest BCUT2D eigenvalue weighted by atomic mass is 10.2. The number of halogens is 1. The highest BCUT2D eigenvalue weighted by Crippen LogP contribution is 2.22. The van der Waals surface area contributed by atoms with Crippen LogP contribution in [0.15, 0.2) is 83.5 Å². The van der Waals surface area contributed by atoms with Gasteiger partial charge in [0.1, 0.15) is 17.3 Å². The summed E-state index contributed by atoms with van der Waals surface area (Å²) in [5.41, 5.74) is 1.73. The summed E-state index contributed by atoms with van der Waals surface area (Å²) >= 11 is 0. The van der Waals surface area contributed by atoms with Gasteiger partial charge in [0.2, 0.25) is 5.90 Å². The van der Waals surface area contributed by atoms with Gasteiger partial charge in [0.15, 0.2) is 5.70 Å². The maximum absolute atomic E-state index is 13.0. The number of carbonyl (C=O) groups is 2. The Kier molecular flexibility index (Phi) is 6.07. The van der Waals surface area contributed by atoms with Crippen LogP contribution in [0, 0.1) is 5.82 Å². The largest absolute Gasteiger partial charge is 0.494 e. The predicted octanol–water partition coefficient (Wildman–Crippen LogP) is 4.79. The van der Waals surface area contributed by atoms with Gasteiger partial charge < -0.3 is 14.2 Å². The van der Waals surface area contributed by atoms with Gasteiger partial charge in [0.05, 0.1) is 12.2 Å². The van der Waals surface area contributed by atoms with Crippen LogP contribution < -0.4 is 9.47 Å². The molecule has 6 nitrogen and oxygen atoms in total. The summed E-state index contributed by atoms with van der Waals surface area (Å²) in [4.78, 5) is 28.6. The van der Waals surface area contributed by atoms with E-state index in [1.807, 2.05) is 6.92 Å². The van der Waals surface area contributed by atoms with Gasteiger partial charge in [0.25, 0.3) is 0 Å². The van der Waals surface area contributed by atoms with Crippen molar-refractivity contribution in [1.29, 1.82) is 0 Å². The first-order chi connectivity index (χ1) is 15.5. The second kappa shape index (κ2) is 9.26. The SMILES string of the molecule is CCOc1ccc(C2=N/C(=C\c3ccc(OC(=O)c4ccc(F)cc4)cc3)C(=O)O2)cc1. The fraction of sp³-hybridized carbons (Fsp3) is 0.0800. The van der Waals surface area contributed by atoms with Gasteiger partial charge in [-0.25, -0.2) is 19.0 Å². The number of ether oxygens (including phenoxy) is 3. The molecule has 3 aromatic rings. The second-order valence-corrected chi connectivity index (χ2v) is 6.76. The van der Waals surface area contributed by atoms with Crippen molar-refractivity contribution in [3.63, 3.8) is 0 Å². The van der Waals surface area contributed by atoms with Crippen molar-refractivity contribution in [3.05, 3.63) is 101 Å². The van der Waals surface area contributed by atoms with Crippen molar-refractivity contribution < 1.29 is 28.2 Å². The summed E-state index contributed by atoms with van der Waals surface area (Å²) < 4.78 is 28.9. The third kappa shape index (κ3) is 4.89. The number of cyclic esters (lactones) is 1. The Hall–Kier alpha value is -4.26. The maximum atomic E-state index is 13.0. The number of nitrogens with zero attached hydrogens (tertiary/aromatic N) is 1. The third-order valence-corrected chi connectivity index (χ3v) is 4.51. The molecular formula is C25H18FNO5. The lowest BCUT2D eigenvalue weighted by Gasteiger charge is -2.04. The fourth-order valence-electron chi connectivity index (χ4n) is 2.93. The molecule has 0 saturated heterocycles. The molecule has 3 aromatic carbocycles. The number of hydrogen-bond donors (Lipinski definition) is 0. The molecule has 160 valence electrons. The second-order valence-electron chi connectivity index (χ2n) is 6.76. The van der Waals surface area contributed by atoms with Gasteiger partial charge in [-0.1, -0.05) is 12.1 Å². The van der Waals surface area contributed by atoms with E-state index in [1.165, 1.54) is 24.3 Å². The van der Waals surface area contributed by atoms with Crippen molar-refractivity contribution in [3.8, 4) is 11.5 Å². The third-order valence-electron chi connectivity index (χ3n) is 4.51. The Morgan fingerprint density at radius 1 is 0.969 bits per heavy atom. The summed E-state index contributed by atoms with van der Waals surface area (Å²) in [6.07, 6.45) is 1.58. The molecule has 7 heteroatoms. The van der Waals surface area contributed by atoms with Crippen LogP contribution in [0.1, 0.15) is 28.4 Å². The molecular weight excluding hydrogens is 413 g/mol. The minimum absolute atomic E-state index is 0.157. The smallest absolute Gasteiger partial charge is 0.363 e. The van der Waals surface area contributed by atoms with Crippen LogP contribution in [-0.4, -0.2) is 24.4 Å². The lowest BCUT2D eigenvalue weighted by Crippen LogP contribution is -2.08. The number of hydrogen-bond acceptors (Lipinski definition) is 6. The monoisotopic (exact) mass is 431 g/mol. The van der Waals surface area contributed by atoms with Crippen molar-refractivity contribution in [2.45, 2.75) is 6.92 Å². The van der Waals surface area contributed by atoms with E-state index < -0.39 is 17.8 Å². The number of aliphatic imine (C=N–C) groups is 1. The van der Waals surface area contributed by atoms with Gasteiger partial charge in [-0.2, -0.15) is 0 Å². The molecule has 0 radical (unpaired) electrons. The van der Waals surface area contributed by atoms with E-state index in [0.717, 1.165) is 5.75 Å². The van der Waals surface area contributed by atoms with Crippen molar-refractivity contribution in [2.24, 2.45) is 4.99 Å². The minimum atomic E-state index is -0.597. The highest BCUT2D eigenvalue weighted by molar-refractivity contribution is 6.12. The number of carbonyl (C=O) groups excluding carboxylic acids is 2. The molecule has 0 amide bonds. The first-order valence-electron chi connectivity index (χ1n) is 9.85. The average molecular weight is 431 g/mol. The quantitative estimate of drug-likeness (QED) is 0.319. The molecule has 1 heterocycles. The van der Waals surface area contributed by atoms with Crippen LogP contribution in [0.2, 0.25) is 0 Å². The topological polar surface area (TPSA) is 74.2 Å². The molecule has 0 spiro atoms. The molecule has 0 unspecified atom stereocenters. The van der Waals surface area contributed by atoms with Gasteiger partial charge in [0, 0.05) is 5.56 Å². The van der Waals surface area contributed by atoms with Crippen molar-refractivity contribution in [2.75, 3.05) is 6.61 Å². The van der Waals surface area contributed by atoms with Gasteiger partial charge in [-0.3, -0.25) is 0 Å². The zero-order valence-corrected chi connectivity index (χ0v) is 17.1. The van der Waals surface area contributed by atoms with E-state index in [2.05, 4.69) is 4.99 Å². The van der Waals surface area contributed by atoms with E-state index in [4.69, 9.17) is 14.2 Å². The normalized spacial score (nSPS) is 14.1. The van der Waals surface area contributed by atoms with Crippen molar-refractivity contribution in [1.82, 2.24) is 0 Å². The maximum Gasteiger partial charge on any atom is 0.363 e. The van der Waals surface area contributed by atoms with E-state index in [1.54, 1.807) is 54.6 Å². The van der Waals surface area contributed by atoms with Crippen LogP contribution in [0.5, 0.6) is 11.5 Å². The zero-order chi connectivity index (χ0) is 22.5. The van der Waals surface area contributed by atoms with Gasteiger partial charge in [-0.05, 0) is 79.2 Å². The number of rotatable bonds is 6. The number of esters is 2. The Bertz CT molecular complexity index is 1200. The first kappa shape index (κ1) is 21.0. The Morgan fingerprint density at radius 3 is 2.28 bits per heavy atom. The van der Waals surface area contributed by atoms with E-state index >= 15 is 0 Å². The molecule has 0 aliphatic carbocycles. The molecule has 1 aliphatic rings. The van der Waals surface area contributed by atoms with Crippen molar-refractivity contribution >= 4 is 23.9 Å². The van der Waals surface area contributed by atoms with Gasteiger partial charge >= 0.3 is 11.9 Å². The highest BCUT2D eigenvalue weighted by Gasteiger charge is 2.24. The number of benzene rings is 3. The van der Waals surface area contributed by atoms with E-state index in [-0.39, 0.29) is 17.2 Å². The Morgan fingerprint density at radius 2 is 1.62 bits per heavy atom. The molecule has 0 saturated carbocycles. The van der Waals surface area contributed by atoms with Crippen LogP contribution in [0.4, 0.5) is 4.39 Å². The predicted molar refractivity (Wildman–Crippen MR) is 116 cm³/mol. The molecule has 0 bridgehead atoms. The summed E-state index contributed by atoms with van der Waals surface area (Å²) in [5.74, 6) is -0.334. The Balaban J connectivity index is 1.45. The average Bonchev–Trinajstić information content (AvgIpc) is 3.16. The molecule has 32 heavy (non-hydrogen) atoms. The molecule has 1 aliphatic heterocycles. The summed E-state index contributed by atoms with van der Waals surface area (Å²) in [7, 11) is 0. The molecule has 0 atom stereocenters. The molecule has 0 aromatic heterocycles. The van der Waals surface area contributed by atoms with Crippen LogP contribution in [-0.2, 0) is 9.53 Å².